The predicted octanol–water partition coefficient (Wildman–Crippen LogP) is 3.27. The fraction of sp³-hybridized carbons (Fsp3) is 0.562. The number of amides is 1. The number of likely N-dealkylation sites (tertiary alicyclic amines) is 1. The lowest BCUT2D eigenvalue weighted by atomic mass is 9.95. The Morgan fingerprint density at radius 1 is 1.38 bits per heavy atom. The van der Waals surface area contributed by atoms with Gasteiger partial charge in [-0.25, -0.2) is 9.18 Å². The van der Waals surface area contributed by atoms with Crippen LogP contribution < -0.4 is 4.90 Å². The van der Waals surface area contributed by atoms with Gasteiger partial charge in [-0.15, -0.1) is 0 Å². The maximum Gasteiger partial charge on any atom is 0.412 e. The first-order valence-electron chi connectivity index (χ1n) is 7.25. The minimum atomic E-state index is -1.51. The first-order chi connectivity index (χ1) is 9.74. The summed E-state index contributed by atoms with van der Waals surface area (Å²) in [5.41, 5.74) is -0.577. The minimum absolute atomic E-state index is 0.304. The number of ether oxygens (including phenoxy) is 1. The van der Waals surface area contributed by atoms with Gasteiger partial charge in [0.2, 0.25) is 0 Å². The maximum atomic E-state index is 15.5. The van der Waals surface area contributed by atoms with E-state index in [0.717, 1.165) is 5.69 Å². The van der Waals surface area contributed by atoms with Gasteiger partial charge in [-0.3, -0.25) is 4.90 Å². The monoisotopic (exact) mass is 292 g/mol. The van der Waals surface area contributed by atoms with E-state index in [1.807, 2.05) is 57.0 Å². The van der Waals surface area contributed by atoms with Gasteiger partial charge in [0, 0.05) is 31.3 Å². The molecule has 0 saturated carbocycles. The van der Waals surface area contributed by atoms with Gasteiger partial charge in [0.1, 0.15) is 11.8 Å². The smallest absolute Gasteiger partial charge is 0.412 e. The molecule has 1 fully saturated rings. The minimum Gasteiger partial charge on any atom is -0.444 e. The molecule has 0 radical (unpaired) electrons. The molecule has 1 saturated heterocycles. The molecule has 1 amide bonds. The molecule has 0 aliphatic carbocycles. The first-order valence-corrected chi connectivity index (χ1v) is 7.25. The number of nitrogens with zero attached hydrogens (tertiary/aromatic N) is 2. The third-order valence-electron chi connectivity index (χ3n) is 4.15. The topological polar surface area (TPSA) is 32.8 Å². The van der Waals surface area contributed by atoms with Gasteiger partial charge in [0.25, 0.3) is 0 Å². The summed E-state index contributed by atoms with van der Waals surface area (Å²) >= 11 is 0. The summed E-state index contributed by atoms with van der Waals surface area (Å²) in [6, 6.07) is 7.43. The number of halogens is 1. The van der Waals surface area contributed by atoms with Crippen LogP contribution in [0.15, 0.2) is 24.3 Å². The van der Waals surface area contributed by atoms with E-state index in [2.05, 4.69) is 0 Å². The third kappa shape index (κ3) is 2.06. The molecule has 2 heterocycles. The highest BCUT2D eigenvalue weighted by Gasteiger charge is 2.59. The molecule has 1 aromatic carbocycles. The normalized spacial score (nSPS) is 27.6. The van der Waals surface area contributed by atoms with Crippen molar-refractivity contribution in [1.82, 2.24) is 4.90 Å². The van der Waals surface area contributed by atoms with Crippen molar-refractivity contribution in [2.45, 2.75) is 44.6 Å². The van der Waals surface area contributed by atoms with E-state index >= 15 is 4.39 Å². The molecule has 2 aliphatic heterocycles. The molecule has 4 nitrogen and oxygen atoms in total. The molecular weight excluding hydrogens is 271 g/mol. The Labute approximate surface area is 124 Å². The number of fused-ring (bicyclic) bond motifs is 3. The number of likely N-dealkylation sites (N-methyl/N-ethyl adjacent to an activating group) is 1. The van der Waals surface area contributed by atoms with E-state index in [4.69, 9.17) is 4.74 Å². The van der Waals surface area contributed by atoms with Crippen LogP contribution in [0.1, 0.15) is 32.8 Å². The summed E-state index contributed by atoms with van der Waals surface area (Å²) in [5, 5.41) is 0. The number of hydrogen-bond acceptors (Lipinski definition) is 3. The van der Waals surface area contributed by atoms with Gasteiger partial charge in [-0.2, -0.15) is 0 Å². The van der Waals surface area contributed by atoms with E-state index in [1.54, 1.807) is 0 Å². The van der Waals surface area contributed by atoms with E-state index in [1.165, 1.54) is 4.90 Å². The zero-order valence-corrected chi connectivity index (χ0v) is 12.9. The summed E-state index contributed by atoms with van der Waals surface area (Å²) in [6.45, 7) is 5.82. The van der Waals surface area contributed by atoms with Crippen molar-refractivity contribution in [1.29, 1.82) is 0 Å². The summed E-state index contributed by atoms with van der Waals surface area (Å²) in [5.74, 6) is 0. The summed E-state index contributed by atoms with van der Waals surface area (Å²) in [6.07, 6.45) is -0.769. The van der Waals surface area contributed by atoms with Crippen molar-refractivity contribution in [2.24, 2.45) is 0 Å². The molecule has 5 heteroatoms. The predicted molar refractivity (Wildman–Crippen MR) is 79.0 cm³/mol. The second-order valence-corrected chi connectivity index (χ2v) is 6.79. The zero-order chi connectivity index (χ0) is 15.4. The number of rotatable bonds is 0. The molecule has 2 atom stereocenters. The Kier molecular flexibility index (Phi) is 2.94. The van der Waals surface area contributed by atoms with Crippen LogP contribution in [0.25, 0.3) is 0 Å². The molecule has 0 N–H and O–H groups in total. The van der Waals surface area contributed by atoms with Crippen molar-refractivity contribution in [3.8, 4) is 0 Å². The largest absolute Gasteiger partial charge is 0.444 e. The summed E-state index contributed by atoms with van der Waals surface area (Å²) in [7, 11) is 1.83. The van der Waals surface area contributed by atoms with Crippen LogP contribution in [0.5, 0.6) is 0 Å². The molecular formula is C16H21FN2O2. The molecule has 0 unspecified atom stereocenters. The van der Waals surface area contributed by atoms with Crippen LogP contribution in [0.4, 0.5) is 14.9 Å². The lowest BCUT2D eigenvalue weighted by Crippen LogP contribution is -2.50. The fourth-order valence-corrected chi connectivity index (χ4v) is 3.35. The van der Waals surface area contributed by atoms with Crippen molar-refractivity contribution >= 4 is 11.8 Å². The second-order valence-electron chi connectivity index (χ2n) is 6.79. The average Bonchev–Trinajstić information content (AvgIpc) is 2.84. The van der Waals surface area contributed by atoms with Crippen LogP contribution in [-0.2, 0) is 10.4 Å². The average molecular weight is 292 g/mol. The second kappa shape index (κ2) is 4.36. The van der Waals surface area contributed by atoms with Crippen LogP contribution in [0.3, 0.4) is 0 Å². The lowest BCUT2D eigenvalue weighted by Gasteiger charge is -2.33. The van der Waals surface area contributed by atoms with E-state index < -0.39 is 23.5 Å². The Morgan fingerprint density at radius 3 is 2.71 bits per heavy atom. The lowest BCUT2D eigenvalue weighted by molar-refractivity contribution is 0.0139. The van der Waals surface area contributed by atoms with Gasteiger partial charge >= 0.3 is 6.09 Å². The molecule has 114 valence electrons. The maximum absolute atomic E-state index is 15.5. The van der Waals surface area contributed by atoms with E-state index in [0.29, 0.717) is 18.5 Å². The van der Waals surface area contributed by atoms with E-state index in [9.17, 15) is 4.79 Å². The van der Waals surface area contributed by atoms with Gasteiger partial charge in [0.05, 0.1) is 0 Å². The van der Waals surface area contributed by atoms with Crippen LogP contribution >= 0.6 is 0 Å². The SMILES string of the molecule is CN1c2ccccc2[C@]2(F)CCN(C(=O)OC(C)(C)C)[C@H]12. The standard InChI is InChI=1S/C16H21FN2O2/c1-15(2,3)21-14(20)19-10-9-16(17)11-7-5-6-8-12(11)18(4)13(16)19/h5-8,13H,9-10H2,1-4H3/t13-,16+/m0/s1. The highest BCUT2D eigenvalue weighted by atomic mass is 19.1. The zero-order valence-electron chi connectivity index (χ0n) is 12.9. The Bertz CT molecular complexity index is 584. The molecule has 3 rings (SSSR count). The van der Waals surface area contributed by atoms with Crippen LogP contribution in [0, 0.1) is 0 Å². The molecule has 2 aliphatic rings. The molecule has 0 bridgehead atoms. The van der Waals surface area contributed by atoms with Crippen LogP contribution in [0.2, 0.25) is 0 Å². The number of para-hydroxylation sites is 1. The van der Waals surface area contributed by atoms with Gasteiger partial charge in [-0.1, -0.05) is 18.2 Å². The summed E-state index contributed by atoms with van der Waals surface area (Å²) < 4.78 is 20.9. The Morgan fingerprint density at radius 2 is 2.05 bits per heavy atom. The van der Waals surface area contributed by atoms with Crippen molar-refractivity contribution in [2.75, 3.05) is 18.5 Å². The highest BCUT2D eigenvalue weighted by Crippen LogP contribution is 2.52. The van der Waals surface area contributed by atoms with Gasteiger partial charge in [-0.05, 0) is 26.8 Å². The highest BCUT2D eigenvalue weighted by molar-refractivity contribution is 5.73. The molecule has 21 heavy (non-hydrogen) atoms. The number of benzene rings is 1. The molecule has 0 aromatic heterocycles. The number of carbonyl (C=O) groups excluding carboxylic acids is 1. The molecule has 1 aromatic rings. The van der Waals surface area contributed by atoms with Crippen molar-refractivity contribution in [3.05, 3.63) is 29.8 Å². The van der Waals surface area contributed by atoms with Crippen LogP contribution in [-0.4, -0.2) is 36.4 Å². The quantitative estimate of drug-likeness (QED) is 0.735. The first kappa shape index (κ1) is 14.2. The van der Waals surface area contributed by atoms with Gasteiger partial charge < -0.3 is 9.64 Å². The molecule has 0 spiro atoms. The van der Waals surface area contributed by atoms with Crippen molar-refractivity contribution in [3.63, 3.8) is 0 Å². The van der Waals surface area contributed by atoms with Crippen molar-refractivity contribution < 1.29 is 13.9 Å². The third-order valence-corrected chi connectivity index (χ3v) is 4.15. The number of carbonyl (C=O) groups is 1. The number of alkyl halides is 1. The number of hydrogen-bond donors (Lipinski definition) is 0. The summed E-state index contributed by atoms with van der Waals surface area (Å²) in [4.78, 5) is 15.7. The fourth-order valence-electron chi connectivity index (χ4n) is 3.35. The van der Waals surface area contributed by atoms with E-state index in [-0.39, 0.29) is 0 Å². The van der Waals surface area contributed by atoms with Gasteiger partial charge in [0.15, 0.2) is 5.67 Å². The number of anilines is 1. The Hall–Kier alpha value is -1.78. The Balaban J connectivity index is 1.93.